The molecule has 0 radical (unpaired) electrons. The number of non-ortho nitro benzene ring substituents is 1. The summed E-state index contributed by atoms with van der Waals surface area (Å²) >= 11 is 1.48. The monoisotopic (exact) mass is 515 g/mol. The van der Waals surface area contributed by atoms with Gasteiger partial charge in [-0.25, -0.2) is 8.42 Å². The Hall–Kier alpha value is -2.89. The van der Waals surface area contributed by atoms with Gasteiger partial charge in [-0.15, -0.1) is 10.2 Å². The Morgan fingerprint density at radius 2 is 1.74 bits per heavy atom. The van der Waals surface area contributed by atoms with E-state index in [-0.39, 0.29) is 16.6 Å². The van der Waals surface area contributed by atoms with E-state index in [1.807, 2.05) is 14.1 Å². The van der Waals surface area contributed by atoms with Gasteiger partial charge in [-0.05, 0) is 61.9 Å². The smallest absolute Gasteiger partial charge is 0.269 e. The van der Waals surface area contributed by atoms with Gasteiger partial charge in [0.15, 0.2) is 0 Å². The van der Waals surface area contributed by atoms with Crippen LogP contribution < -0.4 is 4.90 Å². The summed E-state index contributed by atoms with van der Waals surface area (Å²) in [6, 6.07) is 13.3. The molecule has 1 aromatic heterocycles. The molecule has 1 aliphatic rings. The SMILES string of the molecule is CN(C)c1ccc(CCCCc2nnc(C3CCCN3S(=O)(=O)c3ccc([N+](=O)[O-])cc3)s2)cc1. The molecule has 0 N–H and O–H groups in total. The Morgan fingerprint density at radius 1 is 1.06 bits per heavy atom. The summed E-state index contributed by atoms with van der Waals surface area (Å²) in [6.45, 7) is 0.394. The molecule has 9 nitrogen and oxygen atoms in total. The summed E-state index contributed by atoms with van der Waals surface area (Å²) in [7, 11) is 0.275. The summed E-state index contributed by atoms with van der Waals surface area (Å²) in [5, 5.41) is 21.2. The number of nitro groups is 1. The molecule has 0 spiro atoms. The highest BCUT2D eigenvalue weighted by Crippen LogP contribution is 2.38. The molecule has 1 fully saturated rings. The first-order valence-electron chi connectivity index (χ1n) is 11.6. The second-order valence-electron chi connectivity index (χ2n) is 8.83. The lowest BCUT2D eigenvalue weighted by molar-refractivity contribution is -0.384. The highest BCUT2D eigenvalue weighted by atomic mass is 32.2. The van der Waals surface area contributed by atoms with Gasteiger partial charge in [-0.1, -0.05) is 23.5 Å². The van der Waals surface area contributed by atoms with E-state index in [1.165, 1.54) is 51.2 Å². The summed E-state index contributed by atoms with van der Waals surface area (Å²) in [5.41, 5.74) is 2.36. The number of hydrogen-bond acceptors (Lipinski definition) is 8. The first kappa shape index (κ1) is 25.2. The lowest BCUT2D eigenvalue weighted by atomic mass is 10.1. The lowest BCUT2D eigenvalue weighted by Gasteiger charge is -2.22. The Bertz CT molecular complexity index is 1260. The van der Waals surface area contributed by atoms with Crippen molar-refractivity contribution in [3.63, 3.8) is 0 Å². The highest BCUT2D eigenvalue weighted by molar-refractivity contribution is 7.89. The molecule has 1 unspecified atom stereocenters. The molecule has 35 heavy (non-hydrogen) atoms. The Balaban J connectivity index is 1.35. The van der Waals surface area contributed by atoms with E-state index in [1.54, 1.807) is 0 Å². The van der Waals surface area contributed by atoms with Crippen LogP contribution in [0.5, 0.6) is 0 Å². The molecule has 0 aliphatic carbocycles. The lowest BCUT2D eigenvalue weighted by Crippen LogP contribution is -2.30. The number of aryl methyl sites for hydroxylation is 2. The second kappa shape index (κ2) is 10.8. The van der Waals surface area contributed by atoms with Crippen molar-refractivity contribution < 1.29 is 13.3 Å². The molecule has 0 saturated carbocycles. The quantitative estimate of drug-likeness (QED) is 0.220. The molecule has 4 rings (SSSR count). The summed E-state index contributed by atoms with van der Waals surface area (Å²) in [4.78, 5) is 12.5. The first-order chi connectivity index (χ1) is 16.8. The van der Waals surface area contributed by atoms with Crippen molar-refractivity contribution >= 4 is 32.7 Å². The summed E-state index contributed by atoms with van der Waals surface area (Å²) < 4.78 is 27.9. The zero-order chi connectivity index (χ0) is 25.0. The molecule has 1 atom stereocenters. The zero-order valence-electron chi connectivity index (χ0n) is 19.8. The van der Waals surface area contributed by atoms with E-state index in [0.29, 0.717) is 18.0 Å². The topological polar surface area (TPSA) is 110 Å². The highest BCUT2D eigenvalue weighted by Gasteiger charge is 2.38. The number of anilines is 1. The van der Waals surface area contributed by atoms with Gasteiger partial charge < -0.3 is 4.90 Å². The van der Waals surface area contributed by atoms with Gasteiger partial charge in [0.05, 0.1) is 15.9 Å². The molecule has 2 aromatic carbocycles. The van der Waals surface area contributed by atoms with Crippen LogP contribution in [0.25, 0.3) is 0 Å². The predicted molar refractivity (Wildman–Crippen MR) is 136 cm³/mol. The fourth-order valence-corrected chi connectivity index (χ4v) is 6.98. The molecule has 1 saturated heterocycles. The minimum atomic E-state index is -3.78. The number of hydrogen-bond donors (Lipinski definition) is 0. The van der Waals surface area contributed by atoms with Crippen LogP contribution in [-0.4, -0.2) is 48.5 Å². The molecule has 3 aromatic rings. The minimum Gasteiger partial charge on any atom is -0.378 e. The van der Waals surface area contributed by atoms with E-state index in [9.17, 15) is 18.5 Å². The van der Waals surface area contributed by atoms with Crippen LogP contribution in [0.4, 0.5) is 11.4 Å². The van der Waals surface area contributed by atoms with Gasteiger partial charge in [-0.3, -0.25) is 10.1 Å². The number of nitrogens with zero attached hydrogens (tertiary/aromatic N) is 5. The fraction of sp³-hybridized carbons (Fsp3) is 0.417. The standard InChI is InChI=1S/C24H29N5O4S2/c1-27(2)19-11-9-18(10-12-19)6-3-4-8-23-25-26-24(34-23)22-7-5-17-28(22)35(32,33)21-15-13-20(14-16-21)29(30)31/h9-16,22H,3-8,17H2,1-2H3. The number of sulfonamides is 1. The van der Waals surface area contributed by atoms with Gasteiger partial charge in [0, 0.05) is 44.9 Å². The van der Waals surface area contributed by atoms with Crippen LogP contribution in [0.15, 0.2) is 53.4 Å². The average Bonchev–Trinajstić information content (AvgIpc) is 3.52. The van der Waals surface area contributed by atoms with Crippen LogP contribution >= 0.6 is 11.3 Å². The molecule has 2 heterocycles. The van der Waals surface area contributed by atoms with Crippen molar-refractivity contribution in [3.05, 3.63) is 74.2 Å². The van der Waals surface area contributed by atoms with Crippen LogP contribution in [0.2, 0.25) is 0 Å². The molecular formula is C24H29N5O4S2. The van der Waals surface area contributed by atoms with E-state index in [4.69, 9.17) is 0 Å². The van der Waals surface area contributed by atoms with Crippen molar-refractivity contribution in [2.45, 2.75) is 49.5 Å². The fourth-order valence-electron chi connectivity index (χ4n) is 4.22. The largest absolute Gasteiger partial charge is 0.378 e. The van der Waals surface area contributed by atoms with Crippen molar-refractivity contribution in [2.24, 2.45) is 0 Å². The molecule has 11 heteroatoms. The van der Waals surface area contributed by atoms with E-state index < -0.39 is 14.9 Å². The number of aromatic nitrogens is 2. The van der Waals surface area contributed by atoms with Crippen molar-refractivity contribution in [1.29, 1.82) is 0 Å². The molecule has 186 valence electrons. The molecular weight excluding hydrogens is 486 g/mol. The molecule has 0 amide bonds. The summed E-state index contributed by atoms with van der Waals surface area (Å²) in [5.74, 6) is 0. The zero-order valence-corrected chi connectivity index (χ0v) is 21.5. The maximum atomic E-state index is 13.2. The van der Waals surface area contributed by atoms with Crippen LogP contribution in [0, 0.1) is 10.1 Å². The van der Waals surface area contributed by atoms with E-state index >= 15 is 0 Å². The first-order valence-corrected chi connectivity index (χ1v) is 13.9. The maximum absolute atomic E-state index is 13.2. The minimum absolute atomic E-state index is 0.0540. The second-order valence-corrected chi connectivity index (χ2v) is 11.8. The number of unbranched alkanes of at least 4 members (excludes halogenated alkanes) is 1. The number of nitro benzene ring substituents is 1. The maximum Gasteiger partial charge on any atom is 0.269 e. The normalized spacial score (nSPS) is 16.5. The van der Waals surface area contributed by atoms with E-state index in [0.717, 1.165) is 37.1 Å². The average molecular weight is 516 g/mol. The van der Waals surface area contributed by atoms with Crippen molar-refractivity contribution in [2.75, 3.05) is 25.5 Å². The predicted octanol–water partition coefficient (Wildman–Crippen LogP) is 4.60. The third kappa shape index (κ3) is 5.85. The summed E-state index contributed by atoms with van der Waals surface area (Å²) in [6.07, 6.45) is 5.26. The Labute approximate surface area is 209 Å². The van der Waals surface area contributed by atoms with Gasteiger partial charge >= 0.3 is 0 Å². The van der Waals surface area contributed by atoms with Gasteiger partial charge in [0.2, 0.25) is 10.0 Å². The van der Waals surface area contributed by atoms with Gasteiger partial charge in [0.1, 0.15) is 10.0 Å². The third-order valence-corrected chi connectivity index (χ3v) is 9.19. The van der Waals surface area contributed by atoms with Gasteiger partial charge in [-0.2, -0.15) is 4.31 Å². The molecule has 1 aliphatic heterocycles. The number of rotatable bonds is 10. The van der Waals surface area contributed by atoms with Crippen molar-refractivity contribution in [3.8, 4) is 0 Å². The third-order valence-electron chi connectivity index (χ3n) is 6.18. The Kier molecular flexibility index (Phi) is 7.78. The van der Waals surface area contributed by atoms with Crippen LogP contribution in [0.1, 0.15) is 47.3 Å². The Morgan fingerprint density at radius 3 is 2.40 bits per heavy atom. The number of benzene rings is 2. The van der Waals surface area contributed by atoms with Gasteiger partial charge in [0.25, 0.3) is 5.69 Å². The van der Waals surface area contributed by atoms with Crippen LogP contribution in [-0.2, 0) is 22.9 Å². The van der Waals surface area contributed by atoms with Crippen LogP contribution in [0.3, 0.4) is 0 Å². The van der Waals surface area contributed by atoms with E-state index in [2.05, 4.69) is 39.4 Å². The molecule has 0 bridgehead atoms. The van der Waals surface area contributed by atoms with Crippen molar-refractivity contribution in [1.82, 2.24) is 14.5 Å².